The third-order valence-electron chi connectivity index (χ3n) is 3.04. The van der Waals surface area contributed by atoms with E-state index < -0.39 is 0 Å². The zero-order valence-electron chi connectivity index (χ0n) is 11.7. The van der Waals surface area contributed by atoms with E-state index in [0.29, 0.717) is 24.4 Å². The number of nitrogen functional groups attached to an aromatic ring is 1. The summed E-state index contributed by atoms with van der Waals surface area (Å²) < 4.78 is 4.95. The average molecular weight is 270 g/mol. The molecule has 104 valence electrons. The number of benzene rings is 1. The Morgan fingerprint density at radius 3 is 2.50 bits per heavy atom. The summed E-state index contributed by atoms with van der Waals surface area (Å²) in [5.74, 6) is 0.266. The summed E-state index contributed by atoms with van der Waals surface area (Å²) in [5, 5.41) is 0. The quantitative estimate of drug-likeness (QED) is 0.868. The molecule has 1 aromatic carbocycles. The molecular formula is C16H18N2O2. The fourth-order valence-corrected chi connectivity index (χ4v) is 1.87. The Labute approximate surface area is 118 Å². The SMILES string of the molecule is CCOC(=O)c1ccc(Cc2ccc(C)c(N)n2)cc1. The molecule has 2 N–H and O–H groups in total. The lowest BCUT2D eigenvalue weighted by Crippen LogP contribution is -2.04. The Bertz CT molecular complexity index is 606. The molecule has 0 saturated carbocycles. The van der Waals surface area contributed by atoms with Crippen LogP contribution in [0.4, 0.5) is 5.82 Å². The number of nitrogens with two attached hydrogens (primary N) is 1. The Hall–Kier alpha value is -2.36. The zero-order valence-corrected chi connectivity index (χ0v) is 11.7. The maximum absolute atomic E-state index is 11.5. The van der Waals surface area contributed by atoms with Crippen molar-refractivity contribution in [3.63, 3.8) is 0 Å². The first-order valence-electron chi connectivity index (χ1n) is 6.58. The second-order valence-electron chi connectivity index (χ2n) is 4.60. The summed E-state index contributed by atoms with van der Waals surface area (Å²) in [6.45, 7) is 4.10. The number of esters is 1. The third-order valence-corrected chi connectivity index (χ3v) is 3.04. The Kier molecular flexibility index (Phi) is 4.35. The molecule has 0 radical (unpaired) electrons. The van der Waals surface area contributed by atoms with E-state index in [-0.39, 0.29) is 5.97 Å². The normalized spacial score (nSPS) is 10.3. The second-order valence-corrected chi connectivity index (χ2v) is 4.60. The molecule has 0 atom stereocenters. The summed E-state index contributed by atoms with van der Waals surface area (Å²) in [4.78, 5) is 15.9. The van der Waals surface area contributed by atoms with E-state index in [0.717, 1.165) is 16.8 Å². The number of nitrogens with zero attached hydrogens (tertiary/aromatic N) is 1. The molecule has 4 nitrogen and oxygen atoms in total. The highest BCUT2D eigenvalue weighted by molar-refractivity contribution is 5.89. The van der Waals surface area contributed by atoms with E-state index in [4.69, 9.17) is 10.5 Å². The van der Waals surface area contributed by atoms with Crippen LogP contribution in [-0.2, 0) is 11.2 Å². The lowest BCUT2D eigenvalue weighted by atomic mass is 10.1. The molecule has 1 heterocycles. The number of carbonyl (C=O) groups is 1. The Balaban J connectivity index is 2.10. The number of ether oxygens (including phenoxy) is 1. The number of carbonyl (C=O) groups excluding carboxylic acids is 1. The molecule has 0 bridgehead atoms. The van der Waals surface area contributed by atoms with Gasteiger partial charge in [-0.25, -0.2) is 9.78 Å². The third kappa shape index (κ3) is 3.35. The molecule has 0 aliphatic rings. The van der Waals surface area contributed by atoms with Gasteiger partial charge in [-0.15, -0.1) is 0 Å². The summed E-state index contributed by atoms with van der Waals surface area (Å²) in [6.07, 6.45) is 0.688. The van der Waals surface area contributed by atoms with Gasteiger partial charge in [0.25, 0.3) is 0 Å². The van der Waals surface area contributed by atoms with Gasteiger partial charge in [0.05, 0.1) is 12.2 Å². The van der Waals surface area contributed by atoms with Crippen LogP contribution < -0.4 is 5.73 Å². The summed E-state index contributed by atoms with van der Waals surface area (Å²) >= 11 is 0. The predicted molar refractivity (Wildman–Crippen MR) is 78.6 cm³/mol. The number of hydrogen-bond donors (Lipinski definition) is 1. The van der Waals surface area contributed by atoms with Crippen LogP contribution in [-0.4, -0.2) is 17.6 Å². The van der Waals surface area contributed by atoms with Crippen LogP contribution in [0.25, 0.3) is 0 Å². The second kappa shape index (κ2) is 6.19. The molecule has 4 heteroatoms. The van der Waals surface area contributed by atoms with Crippen LogP contribution in [0.5, 0.6) is 0 Å². The minimum absolute atomic E-state index is 0.295. The van der Waals surface area contributed by atoms with Gasteiger partial charge in [-0.2, -0.15) is 0 Å². The van der Waals surface area contributed by atoms with Gasteiger partial charge >= 0.3 is 5.97 Å². The number of aryl methyl sites for hydroxylation is 1. The highest BCUT2D eigenvalue weighted by Gasteiger charge is 2.06. The average Bonchev–Trinajstić information content (AvgIpc) is 2.44. The maximum Gasteiger partial charge on any atom is 0.338 e. The summed E-state index contributed by atoms with van der Waals surface area (Å²) in [7, 11) is 0. The molecule has 0 unspecified atom stereocenters. The standard InChI is InChI=1S/C16H18N2O2/c1-3-20-16(19)13-7-5-12(6-8-13)10-14-9-4-11(2)15(17)18-14/h4-9H,3,10H2,1-2H3,(H2,17,18). The van der Waals surface area contributed by atoms with Gasteiger partial charge in [0.2, 0.25) is 0 Å². The molecule has 0 amide bonds. The van der Waals surface area contributed by atoms with E-state index in [9.17, 15) is 4.79 Å². The minimum atomic E-state index is -0.295. The van der Waals surface area contributed by atoms with Gasteiger partial charge in [0.15, 0.2) is 0 Å². The first-order valence-corrected chi connectivity index (χ1v) is 6.58. The molecule has 2 rings (SSSR count). The van der Waals surface area contributed by atoms with Gasteiger partial charge in [-0.1, -0.05) is 18.2 Å². The maximum atomic E-state index is 11.5. The lowest BCUT2D eigenvalue weighted by Gasteiger charge is -2.06. The largest absolute Gasteiger partial charge is 0.462 e. The number of pyridine rings is 1. The summed E-state index contributed by atoms with van der Waals surface area (Å²) in [5.41, 5.74) is 9.33. The molecule has 2 aromatic rings. The molecule has 0 saturated heterocycles. The van der Waals surface area contributed by atoms with Crippen molar-refractivity contribution in [1.29, 1.82) is 0 Å². The minimum Gasteiger partial charge on any atom is -0.462 e. The lowest BCUT2D eigenvalue weighted by molar-refractivity contribution is 0.0526. The molecule has 20 heavy (non-hydrogen) atoms. The van der Waals surface area contributed by atoms with Crippen molar-refractivity contribution in [2.75, 3.05) is 12.3 Å². The van der Waals surface area contributed by atoms with Gasteiger partial charge in [0.1, 0.15) is 5.82 Å². The van der Waals surface area contributed by atoms with Gasteiger partial charge in [-0.3, -0.25) is 0 Å². The van der Waals surface area contributed by atoms with Crippen LogP contribution in [0, 0.1) is 6.92 Å². The van der Waals surface area contributed by atoms with Gasteiger partial charge in [-0.05, 0) is 43.2 Å². The van der Waals surface area contributed by atoms with E-state index in [1.165, 1.54) is 0 Å². The highest BCUT2D eigenvalue weighted by atomic mass is 16.5. The molecular weight excluding hydrogens is 252 g/mol. The Morgan fingerprint density at radius 2 is 1.90 bits per heavy atom. The van der Waals surface area contributed by atoms with Crippen molar-refractivity contribution in [3.8, 4) is 0 Å². The van der Waals surface area contributed by atoms with E-state index in [1.807, 2.05) is 31.2 Å². The molecule has 0 aliphatic heterocycles. The van der Waals surface area contributed by atoms with E-state index >= 15 is 0 Å². The highest BCUT2D eigenvalue weighted by Crippen LogP contribution is 2.13. The molecule has 0 spiro atoms. The number of anilines is 1. The Morgan fingerprint density at radius 1 is 1.20 bits per heavy atom. The van der Waals surface area contributed by atoms with Gasteiger partial charge < -0.3 is 10.5 Å². The van der Waals surface area contributed by atoms with E-state index in [2.05, 4.69) is 4.98 Å². The van der Waals surface area contributed by atoms with Crippen LogP contribution in [0.3, 0.4) is 0 Å². The van der Waals surface area contributed by atoms with E-state index in [1.54, 1.807) is 19.1 Å². The van der Waals surface area contributed by atoms with Crippen molar-refractivity contribution in [2.24, 2.45) is 0 Å². The first-order chi connectivity index (χ1) is 9.60. The fourth-order valence-electron chi connectivity index (χ4n) is 1.87. The molecule has 0 aliphatic carbocycles. The molecule has 0 fully saturated rings. The number of aromatic nitrogens is 1. The van der Waals surface area contributed by atoms with Crippen molar-refractivity contribution in [2.45, 2.75) is 20.3 Å². The first kappa shape index (κ1) is 14.1. The van der Waals surface area contributed by atoms with Crippen LogP contribution in [0.15, 0.2) is 36.4 Å². The predicted octanol–water partition coefficient (Wildman–Crippen LogP) is 2.74. The van der Waals surface area contributed by atoms with Crippen LogP contribution >= 0.6 is 0 Å². The smallest absolute Gasteiger partial charge is 0.338 e. The fraction of sp³-hybridized carbons (Fsp3) is 0.250. The zero-order chi connectivity index (χ0) is 14.5. The van der Waals surface area contributed by atoms with Crippen molar-refractivity contribution in [3.05, 3.63) is 58.8 Å². The van der Waals surface area contributed by atoms with Crippen LogP contribution in [0.2, 0.25) is 0 Å². The summed E-state index contributed by atoms with van der Waals surface area (Å²) in [6, 6.07) is 11.3. The van der Waals surface area contributed by atoms with Gasteiger partial charge in [0, 0.05) is 12.1 Å². The topological polar surface area (TPSA) is 65.2 Å². The number of rotatable bonds is 4. The van der Waals surface area contributed by atoms with Crippen molar-refractivity contribution < 1.29 is 9.53 Å². The monoisotopic (exact) mass is 270 g/mol. The number of hydrogen-bond acceptors (Lipinski definition) is 4. The van der Waals surface area contributed by atoms with Crippen molar-refractivity contribution >= 4 is 11.8 Å². The van der Waals surface area contributed by atoms with Crippen molar-refractivity contribution in [1.82, 2.24) is 4.98 Å². The molecule has 1 aromatic heterocycles. The van der Waals surface area contributed by atoms with Crippen LogP contribution in [0.1, 0.15) is 34.1 Å².